The summed E-state index contributed by atoms with van der Waals surface area (Å²) in [5.74, 6) is 0.412. The molecule has 0 spiro atoms. The second-order valence-electron chi connectivity index (χ2n) is 12.7. The van der Waals surface area contributed by atoms with Gasteiger partial charge in [-0.2, -0.15) is 0 Å². The molecule has 0 atom stereocenters. The number of carbonyl (C=O) groups is 2. The summed E-state index contributed by atoms with van der Waals surface area (Å²) in [4.78, 5) is 25.7. The molecule has 0 aliphatic heterocycles. The third-order valence-electron chi connectivity index (χ3n) is 8.26. The number of nitrogens with one attached hydrogen (secondary N) is 1. The first-order chi connectivity index (χ1) is 22.7. The minimum atomic E-state index is -0.223. The summed E-state index contributed by atoms with van der Waals surface area (Å²) in [5.41, 5.74) is 10.3. The molecule has 0 radical (unpaired) electrons. The number of rotatable bonds is 17. The third-order valence-corrected chi connectivity index (χ3v) is 8.26. The third kappa shape index (κ3) is 11.1. The minimum absolute atomic E-state index is 0.0841. The van der Waals surface area contributed by atoms with Gasteiger partial charge in [0.1, 0.15) is 5.75 Å². The van der Waals surface area contributed by atoms with E-state index in [1.165, 1.54) is 24.8 Å². The van der Waals surface area contributed by atoms with E-state index in [0.29, 0.717) is 38.2 Å². The zero-order chi connectivity index (χ0) is 33.6. The van der Waals surface area contributed by atoms with Crippen molar-refractivity contribution in [3.8, 4) is 28.0 Å². The highest BCUT2D eigenvalue weighted by molar-refractivity contribution is 5.99. The molecule has 0 aliphatic carbocycles. The van der Waals surface area contributed by atoms with Crippen molar-refractivity contribution in [3.05, 3.63) is 112 Å². The van der Waals surface area contributed by atoms with Crippen LogP contribution in [0.5, 0.6) is 5.75 Å². The lowest BCUT2D eigenvalue weighted by Gasteiger charge is -2.20. The summed E-state index contributed by atoms with van der Waals surface area (Å²) >= 11 is 0. The highest BCUT2D eigenvalue weighted by Crippen LogP contribution is 2.41. The van der Waals surface area contributed by atoms with Gasteiger partial charge in [-0.15, -0.1) is 0 Å². The number of hydrogen-bond acceptors (Lipinski definition) is 4. The number of benzene rings is 4. The van der Waals surface area contributed by atoms with E-state index < -0.39 is 0 Å². The van der Waals surface area contributed by atoms with Crippen LogP contribution >= 0.6 is 0 Å². The lowest BCUT2D eigenvalue weighted by atomic mass is 9.91. The van der Waals surface area contributed by atoms with E-state index in [1.54, 1.807) is 0 Å². The summed E-state index contributed by atoms with van der Waals surface area (Å²) in [6, 6.07) is 27.4. The van der Waals surface area contributed by atoms with Crippen molar-refractivity contribution in [2.24, 2.45) is 0 Å². The number of ether oxygens (including phenoxy) is 2. The maximum atomic E-state index is 13.7. The Morgan fingerprint density at radius 1 is 0.660 bits per heavy atom. The summed E-state index contributed by atoms with van der Waals surface area (Å²) in [5, 5.41) is 3.18. The van der Waals surface area contributed by atoms with Gasteiger partial charge in [0.25, 0.3) is 5.91 Å². The van der Waals surface area contributed by atoms with Crippen LogP contribution < -0.4 is 10.1 Å². The van der Waals surface area contributed by atoms with Crippen molar-refractivity contribution < 1.29 is 19.1 Å². The first-order valence-electron chi connectivity index (χ1n) is 17.2. The Labute approximate surface area is 281 Å². The summed E-state index contributed by atoms with van der Waals surface area (Å²) in [7, 11) is 0. The molecule has 0 heterocycles. The van der Waals surface area contributed by atoms with Crippen molar-refractivity contribution >= 4 is 11.9 Å². The molecule has 0 aromatic heterocycles. The van der Waals surface area contributed by atoms with Crippen LogP contribution in [0.2, 0.25) is 0 Å². The molecule has 0 saturated heterocycles. The molecule has 0 saturated carbocycles. The molecule has 1 N–H and O–H groups in total. The molecule has 4 aromatic rings. The molecule has 47 heavy (non-hydrogen) atoms. The minimum Gasteiger partial charge on any atom is -0.492 e. The van der Waals surface area contributed by atoms with E-state index in [-0.39, 0.29) is 11.9 Å². The molecule has 0 unspecified atom stereocenters. The predicted molar refractivity (Wildman–Crippen MR) is 193 cm³/mol. The Bertz CT molecular complexity index is 1510. The number of carbonyl (C=O) groups excluding carboxylic acids is 2. The van der Waals surface area contributed by atoms with Gasteiger partial charge in [0.2, 0.25) is 0 Å². The average molecular weight is 634 g/mol. The molecule has 4 aromatic carbocycles. The second kappa shape index (κ2) is 18.1. The van der Waals surface area contributed by atoms with Crippen LogP contribution in [0, 0.1) is 27.7 Å². The Morgan fingerprint density at radius 2 is 1.21 bits per heavy atom. The fourth-order valence-corrected chi connectivity index (χ4v) is 6.16. The summed E-state index contributed by atoms with van der Waals surface area (Å²) < 4.78 is 11.7. The maximum absolute atomic E-state index is 13.7. The van der Waals surface area contributed by atoms with Crippen LogP contribution in [-0.4, -0.2) is 31.6 Å². The smallest absolute Gasteiger partial charge is 0.305 e. The van der Waals surface area contributed by atoms with Crippen LogP contribution in [0.4, 0.5) is 0 Å². The van der Waals surface area contributed by atoms with Gasteiger partial charge in [0.15, 0.2) is 0 Å². The highest BCUT2D eigenvalue weighted by Gasteiger charge is 2.20. The van der Waals surface area contributed by atoms with Crippen molar-refractivity contribution in [2.45, 2.75) is 86.0 Å². The van der Waals surface area contributed by atoms with Gasteiger partial charge in [0.05, 0.1) is 13.2 Å². The normalized spacial score (nSPS) is 10.9. The van der Waals surface area contributed by atoms with E-state index in [0.717, 1.165) is 69.5 Å². The zero-order valence-corrected chi connectivity index (χ0v) is 28.9. The van der Waals surface area contributed by atoms with Crippen molar-refractivity contribution in [1.82, 2.24) is 5.32 Å². The fourth-order valence-electron chi connectivity index (χ4n) is 6.16. The lowest BCUT2D eigenvalue weighted by Crippen LogP contribution is -2.24. The molecule has 0 bridgehead atoms. The Kier molecular flexibility index (Phi) is 13.7. The Morgan fingerprint density at radius 3 is 1.79 bits per heavy atom. The quantitative estimate of drug-likeness (QED) is 0.0929. The standard InChI is InChI=1S/C42H51NO4/c1-6-46-40(44)19-15-21-47-41-38(35-24-30(2)22-31(3)25-35)28-37(29-39(41)36-26-32(4)23-33(5)27-36)42(45)43-20-14-9-7-8-11-16-34-17-12-10-13-18-34/h10,12-13,17-18,22-29H,6-9,11,14-16,19-21H2,1-5H3,(H,43,45). The molecule has 5 heteroatoms. The SMILES string of the molecule is CCOC(=O)CCCOc1c(-c2cc(C)cc(C)c2)cc(C(=O)NCCCCCCCc2ccccc2)cc1-c1cc(C)cc(C)c1. The number of amides is 1. The van der Waals surface area contributed by atoms with E-state index in [2.05, 4.69) is 99.7 Å². The van der Waals surface area contributed by atoms with Crippen molar-refractivity contribution in [2.75, 3.05) is 19.8 Å². The Balaban J connectivity index is 1.55. The molecule has 5 nitrogen and oxygen atoms in total. The van der Waals surface area contributed by atoms with Gasteiger partial charge in [-0.05, 0) is 89.1 Å². The van der Waals surface area contributed by atoms with Crippen LogP contribution in [0.3, 0.4) is 0 Å². The molecular weight excluding hydrogens is 582 g/mol. The van der Waals surface area contributed by atoms with Crippen molar-refractivity contribution in [3.63, 3.8) is 0 Å². The van der Waals surface area contributed by atoms with Crippen LogP contribution in [-0.2, 0) is 16.0 Å². The zero-order valence-electron chi connectivity index (χ0n) is 28.9. The first kappa shape index (κ1) is 35.5. The Hall–Kier alpha value is -4.38. The second-order valence-corrected chi connectivity index (χ2v) is 12.7. The number of esters is 1. The summed E-state index contributed by atoms with van der Waals surface area (Å²) in [6.45, 7) is 11.5. The first-order valence-corrected chi connectivity index (χ1v) is 17.2. The number of aryl methyl sites for hydroxylation is 5. The van der Waals surface area contributed by atoms with Gasteiger partial charge < -0.3 is 14.8 Å². The fraction of sp³-hybridized carbons (Fsp3) is 0.381. The number of unbranched alkanes of at least 4 members (excludes halogenated alkanes) is 4. The number of hydrogen-bond donors (Lipinski definition) is 1. The summed E-state index contributed by atoms with van der Waals surface area (Å²) in [6.07, 6.45) is 7.54. The molecular formula is C42H51NO4. The topological polar surface area (TPSA) is 64.6 Å². The van der Waals surface area contributed by atoms with Crippen molar-refractivity contribution in [1.29, 1.82) is 0 Å². The van der Waals surface area contributed by atoms with E-state index in [9.17, 15) is 9.59 Å². The predicted octanol–water partition coefficient (Wildman–Crippen LogP) is 9.90. The molecule has 248 valence electrons. The largest absolute Gasteiger partial charge is 0.492 e. The van der Waals surface area contributed by atoms with Gasteiger partial charge in [-0.1, -0.05) is 108 Å². The average Bonchev–Trinajstić information content (AvgIpc) is 3.03. The highest BCUT2D eigenvalue weighted by atomic mass is 16.5. The van der Waals surface area contributed by atoms with E-state index in [1.807, 2.05) is 19.1 Å². The van der Waals surface area contributed by atoms with Gasteiger partial charge in [0, 0.05) is 29.7 Å². The molecule has 1 amide bonds. The lowest BCUT2D eigenvalue weighted by molar-refractivity contribution is -0.143. The monoisotopic (exact) mass is 633 g/mol. The van der Waals surface area contributed by atoms with Gasteiger partial charge in [-0.3, -0.25) is 9.59 Å². The van der Waals surface area contributed by atoms with Crippen LogP contribution in [0.15, 0.2) is 78.9 Å². The van der Waals surface area contributed by atoms with Gasteiger partial charge in [-0.25, -0.2) is 0 Å². The molecule has 0 aliphatic rings. The van der Waals surface area contributed by atoms with Gasteiger partial charge >= 0.3 is 5.97 Å². The maximum Gasteiger partial charge on any atom is 0.305 e. The van der Waals surface area contributed by atoms with Crippen LogP contribution in [0.25, 0.3) is 22.3 Å². The molecule has 0 fully saturated rings. The molecule has 4 rings (SSSR count). The van der Waals surface area contributed by atoms with Crippen LogP contribution in [0.1, 0.15) is 90.0 Å². The van der Waals surface area contributed by atoms with E-state index in [4.69, 9.17) is 9.47 Å². The van der Waals surface area contributed by atoms with E-state index >= 15 is 0 Å².